The average Bonchev–Trinajstić information content (AvgIpc) is 3.21. The van der Waals surface area contributed by atoms with Crippen molar-refractivity contribution in [3.8, 4) is 0 Å². The predicted molar refractivity (Wildman–Crippen MR) is 86.2 cm³/mol. The molecule has 4 nitrogen and oxygen atoms in total. The van der Waals surface area contributed by atoms with E-state index in [1.165, 1.54) is 18.5 Å². The van der Waals surface area contributed by atoms with Crippen LogP contribution in [-0.4, -0.2) is 39.9 Å². The zero-order valence-corrected chi connectivity index (χ0v) is 13.8. The van der Waals surface area contributed by atoms with Gasteiger partial charge in [-0.2, -0.15) is 5.10 Å². The highest BCUT2D eigenvalue weighted by Gasteiger charge is 2.38. The molecule has 0 amide bonds. The first-order chi connectivity index (χ1) is 10.2. The SMILES string of the molecule is CCC(CC)n1ccc(CN2CC(C)NCC2C2CC2)n1. The molecule has 118 valence electrons. The molecule has 1 aliphatic carbocycles. The van der Waals surface area contributed by atoms with Gasteiger partial charge in [-0.3, -0.25) is 9.58 Å². The molecule has 4 heteroatoms. The number of hydrogen-bond acceptors (Lipinski definition) is 3. The molecule has 1 saturated carbocycles. The molecule has 1 aliphatic heterocycles. The van der Waals surface area contributed by atoms with Crippen molar-refractivity contribution in [1.82, 2.24) is 20.0 Å². The van der Waals surface area contributed by atoms with Crippen LogP contribution in [0.5, 0.6) is 0 Å². The highest BCUT2D eigenvalue weighted by Crippen LogP contribution is 2.36. The molecule has 3 rings (SSSR count). The molecule has 1 N–H and O–H groups in total. The van der Waals surface area contributed by atoms with Gasteiger partial charge in [-0.05, 0) is 44.6 Å². The summed E-state index contributed by atoms with van der Waals surface area (Å²) in [5, 5.41) is 8.48. The average molecular weight is 290 g/mol. The molecule has 0 radical (unpaired) electrons. The Balaban J connectivity index is 1.66. The summed E-state index contributed by atoms with van der Waals surface area (Å²) < 4.78 is 2.17. The Labute approximate surface area is 128 Å². The van der Waals surface area contributed by atoms with Gasteiger partial charge >= 0.3 is 0 Å². The molecule has 2 heterocycles. The number of rotatable bonds is 6. The predicted octanol–water partition coefficient (Wildman–Crippen LogP) is 2.82. The van der Waals surface area contributed by atoms with Crippen molar-refractivity contribution >= 4 is 0 Å². The zero-order valence-electron chi connectivity index (χ0n) is 13.8. The van der Waals surface area contributed by atoms with E-state index in [0.717, 1.165) is 44.4 Å². The first-order valence-electron chi connectivity index (χ1n) is 8.72. The number of piperazine rings is 1. The molecule has 0 spiro atoms. The molecule has 21 heavy (non-hydrogen) atoms. The van der Waals surface area contributed by atoms with Crippen molar-refractivity contribution in [1.29, 1.82) is 0 Å². The summed E-state index contributed by atoms with van der Waals surface area (Å²) in [5.74, 6) is 0.922. The maximum Gasteiger partial charge on any atom is 0.0765 e. The summed E-state index contributed by atoms with van der Waals surface area (Å²) in [7, 11) is 0. The standard InChI is InChI=1S/C17H30N4/c1-4-16(5-2)21-9-8-15(19-21)12-20-11-13(3)18-10-17(20)14-6-7-14/h8-9,13-14,16-18H,4-7,10-12H2,1-3H3. The monoisotopic (exact) mass is 290 g/mol. The van der Waals surface area contributed by atoms with E-state index in [2.05, 4.69) is 47.9 Å². The summed E-state index contributed by atoms with van der Waals surface area (Å²) in [6.45, 7) is 10.1. The second kappa shape index (κ2) is 6.49. The van der Waals surface area contributed by atoms with Crippen molar-refractivity contribution in [3.05, 3.63) is 18.0 Å². The molecule has 0 bridgehead atoms. The topological polar surface area (TPSA) is 33.1 Å². The minimum Gasteiger partial charge on any atom is -0.311 e. The largest absolute Gasteiger partial charge is 0.311 e. The van der Waals surface area contributed by atoms with Gasteiger partial charge in [0.05, 0.1) is 11.7 Å². The van der Waals surface area contributed by atoms with Gasteiger partial charge in [-0.25, -0.2) is 0 Å². The van der Waals surface area contributed by atoms with Crippen LogP contribution in [0.4, 0.5) is 0 Å². The number of hydrogen-bond donors (Lipinski definition) is 1. The van der Waals surface area contributed by atoms with Crippen LogP contribution < -0.4 is 5.32 Å². The van der Waals surface area contributed by atoms with Gasteiger partial charge in [0, 0.05) is 37.9 Å². The molecule has 1 saturated heterocycles. The van der Waals surface area contributed by atoms with Crippen LogP contribution in [0.3, 0.4) is 0 Å². The number of nitrogens with one attached hydrogen (secondary N) is 1. The Morgan fingerprint density at radius 2 is 2.10 bits per heavy atom. The zero-order chi connectivity index (χ0) is 14.8. The highest BCUT2D eigenvalue weighted by atomic mass is 15.3. The molecular weight excluding hydrogens is 260 g/mol. The maximum absolute atomic E-state index is 4.84. The van der Waals surface area contributed by atoms with E-state index >= 15 is 0 Å². The van der Waals surface area contributed by atoms with Crippen LogP contribution in [0.2, 0.25) is 0 Å². The Kier molecular flexibility index (Phi) is 4.65. The maximum atomic E-state index is 4.84. The Hall–Kier alpha value is -0.870. The Morgan fingerprint density at radius 3 is 2.76 bits per heavy atom. The second-order valence-electron chi connectivity index (χ2n) is 6.90. The molecule has 2 aliphatic rings. The van der Waals surface area contributed by atoms with Gasteiger partial charge in [0.15, 0.2) is 0 Å². The third-order valence-corrected chi connectivity index (χ3v) is 5.16. The van der Waals surface area contributed by atoms with Crippen molar-refractivity contribution in [2.75, 3.05) is 13.1 Å². The van der Waals surface area contributed by atoms with Crippen molar-refractivity contribution < 1.29 is 0 Å². The summed E-state index contributed by atoms with van der Waals surface area (Å²) in [6.07, 6.45) is 7.32. The summed E-state index contributed by atoms with van der Waals surface area (Å²) in [5.41, 5.74) is 1.24. The minimum absolute atomic E-state index is 0.555. The van der Waals surface area contributed by atoms with E-state index in [9.17, 15) is 0 Å². The molecule has 1 aromatic rings. The summed E-state index contributed by atoms with van der Waals surface area (Å²) in [4.78, 5) is 2.67. The van der Waals surface area contributed by atoms with Crippen LogP contribution in [0, 0.1) is 5.92 Å². The first-order valence-corrected chi connectivity index (χ1v) is 8.72. The van der Waals surface area contributed by atoms with Gasteiger partial charge < -0.3 is 5.32 Å². The van der Waals surface area contributed by atoms with Crippen molar-refractivity contribution in [2.45, 2.75) is 71.1 Å². The number of nitrogens with zero attached hydrogens (tertiary/aromatic N) is 3. The third kappa shape index (κ3) is 3.49. The van der Waals surface area contributed by atoms with Gasteiger partial charge in [0.25, 0.3) is 0 Å². The van der Waals surface area contributed by atoms with E-state index in [0.29, 0.717) is 12.1 Å². The molecule has 2 fully saturated rings. The lowest BCUT2D eigenvalue weighted by molar-refractivity contribution is 0.110. The fraction of sp³-hybridized carbons (Fsp3) is 0.824. The van der Waals surface area contributed by atoms with Gasteiger partial charge in [-0.1, -0.05) is 13.8 Å². The quantitative estimate of drug-likeness (QED) is 0.874. The molecule has 0 aromatic carbocycles. The van der Waals surface area contributed by atoms with Crippen LogP contribution >= 0.6 is 0 Å². The molecular formula is C17H30N4. The fourth-order valence-corrected chi connectivity index (χ4v) is 3.67. The van der Waals surface area contributed by atoms with Gasteiger partial charge in [0.2, 0.25) is 0 Å². The van der Waals surface area contributed by atoms with E-state index in [-0.39, 0.29) is 0 Å². The second-order valence-corrected chi connectivity index (χ2v) is 6.90. The Bertz CT molecular complexity index is 447. The summed E-state index contributed by atoms with van der Waals surface area (Å²) >= 11 is 0. The third-order valence-electron chi connectivity index (χ3n) is 5.16. The van der Waals surface area contributed by atoms with E-state index in [1.54, 1.807) is 0 Å². The summed E-state index contributed by atoms with van der Waals surface area (Å²) in [6, 6.07) is 4.09. The normalized spacial score (nSPS) is 27.4. The smallest absolute Gasteiger partial charge is 0.0765 e. The van der Waals surface area contributed by atoms with E-state index in [4.69, 9.17) is 5.10 Å². The van der Waals surface area contributed by atoms with Crippen LogP contribution in [0.15, 0.2) is 12.3 Å². The van der Waals surface area contributed by atoms with Crippen molar-refractivity contribution in [2.24, 2.45) is 5.92 Å². The molecule has 1 aromatic heterocycles. The first kappa shape index (κ1) is 15.0. The Morgan fingerprint density at radius 1 is 1.33 bits per heavy atom. The van der Waals surface area contributed by atoms with Crippen LogP contribution in [0.1, 0.15) is 58.2 Å². The lowest BCUT2D eigenvalue weighted by atomic mass is 10.1. The van der Waals surface area contributed by atoms with E-state index < -0.39 is 0 Å². The molecule has 2 unspecified atom stereocenters. The lowest BCUT2D eigenvalue weighted by Crippen LogP contribution is -2.55. The van der Waals surface area contributed by atoms with Crippen LogP contribution in [-0.2, 0) is 6.54 Å². The van der Waals surface area contributed by atoms with Crippen molar-refractivity contribution in [3.63, 3.8) is 0 Å². The molecule has 2 atom stereocenters. The van der Waals surface area contributed by atoms with Crippen LogP contribution in [0.25, 0.3) is 0 Å². The highest BCUT2D eigenvalue weighted by molar-refractivity contribution is 5.03. The number of aromatic nitrogens is 2. The van der Waals surface area contributed by atoms with E-state index in [1.807, 2.05) is 0 Å². The lowest BCUT2D eigenvalue weighted by Gasteiger charge is -2.39. The fourth-order valence-electron chi connectivity index (χ4n) is 3.67. The minimum atomic E-state index is 0.555. The van der Waals surface area contributed by atoms with Gasteiger partial charge in [0.1, 0.15) is 0 Å². The van der Waals surface area contributed by atoms with Gasteiger partial charge in [-0.15, -0.1) is 0 Å².